The van der Waals surface area contributed by atoms with Crippen molar-refractivity contribution in [3.8, 4) is 11.5 Å². The normalized spacial score (nSPS) is 11.5. The maximum atomic E-state index is 12.7. The second kappa shape index (κ2) is 10.3. The molecule has 3 aromatic rings. The van der Waals surface area contributed by atoms with Crippen LogP contribution in [0.25, 0.3) is 10.2 Å². The summed E-state index contributed by atoms with van der Waals surface area (Å²) in [6.45, 7) is 6.43. The van der Waals surface area contributed by atoms with Gasteiger partial charge in [0.2, 0.25) is 0 Å². The minimum Gasteiger partial charge on any atom is -0.496 e. The van der Waals surface area contributed by atoms with Crippen LogP contribution in [0, 0.1) is 6.92 Å². The molecule has 0 aliphatic rings. The average molecular weight is 443 g/mol. The Morgan fingerprint density at radius 3 is 2.58 bits per heavy atom. The summed E-state index contributed by atoms with van der Waals surface area (Å²) in [7, 11) is 1.61. The van der Waals surface area contributed by atoms with Crippen LogP contribution in [0.3, 0.4) is 0 Å². The van der Waals surface area contributed by atoms with E-state index in [0.717, 1.165) is 32.8 Å². The molecule has 0 saturated heterocycles. The molecule has 0 aliphatic carbocycles. The van der Waals surface area contributed by atoms with Crippen LogP contribution >= 0.6 is 11.3 Å². The number of rotatable bonds is 8. The number of nitrogens with zero attached hydrogens (tertiary/aromatic N) is 2. The topological polar surface area (TPSA) is 79.1 Å². The Balaban J connectivity index is 1.97. The highest BCUT2D eigenvalue weighted by atomic mass is 32.1. The van der Waals surface area contributed by atoms with Crippen LogP contribution in [0.1, 0.15) is 25.0 Å². The highest BCUT2D eigenvalue weighted by Crippen LogP contribution is 2.24. The van der Waals surface area contributed by atoms with E-state index >= 15 is 0 Å². The Hall–Kier alpha value is -3.13. The van der Waals surface area contributed by atoms with Gasteiger partial charge in [0.25, 0.3) is 5.91 Å². The average Bonchev–Trinajstić information content (AvgIpc) is 3.04. The minimum atomic E-state index is -0.379. The predicted molar refractivity (Wildman–Crippen MR) is 120 cm³/mol. The van der Waals surface area contributed by atoms with E-state index in [2.05, 4.69) is 4.99 Å². The molecular formula is C23H26N2O5S. The number of thiazole rings is 1. The molecule has 0 saturated carbocycles. The Kier molecular flexibility index (Phi) is 7.46. The molecule has 0 unspecified atom stereocenters. The van der Waals surface area contributed by atoms with Crippen molar-refractivity contribution in [2.75, 3.05) is 20.3 Å². The minimum absolute atomic E-state index is 0.0183. The second-order valence-corrected chi connectivity index (χ2v) is 7.83. The summed E-state index contributed by atoms with van der Waals surface area (Å²) in [5.74, 6) is 0.829. The molecule has 3 rings (SSSR count). The fourth-order valence-corrected chi connectivity index (χ4v) is 4.33. The number of esters is 1. The number of aryl methyl sites for hydroxylation is 1. The fourth-order valence-electron chi connectivity index (χ4n) is 3.26. The summed E-state index contributed by atoms with van der Waals surface area (Å²) in [6, 6.07) is 11.2. The lowest BCUT2D eigenvalue weighted by atomic mass is 10.1. The summed E-state index contributed by atoms with van der Waals surface area (Å²) in [5, 5.41) is 0. The molecule has 8 heteroatoms. The van der Waals surface area contributed by atoms with E-state index in [9.17, 15) is 9.59 Å². The third-order valence-corrected chi connectivity index (χ3v) is 5.63. The molecule has 7 nitrogen and oxygen atoms in total. The first-order valence-corrected chi connectivity index (χ1v) is 10.9. The maximum Gasteiger partial charge on any atom is 0.326 e. The van der Waals surface area contributed by atoms with Gasteiger partial charge in [0, 0.05) is 0 Å². The molecule has 0 atom stereocenters. The van der Waals surface area contributed by atoms with Crippen molar-refractivity contribution >= 4 is 33.4 Å². The van der Waals surface area contributed by atoms with E-state index in [1.165, 1.54) is 11.3 Å². The van der Waals surface area contributed by atoms with Crippen molar-refractivity contribution in [2.45, 2.75) is 33.7 Å². The van der Waals surface area contributed by atoms with E-state index in [-0.39, 0.29) is 31.4 Å². The second-order valence-electron chi connectivity index (χ2n) is 6.82. The van der Waals surface area contributed by atoms with Crippen LogP contribution in [0.15, 0.2) is 41.4 Å². The van der Waals surface area contributed by atoms with E-state index in [0.29, 0.717) is 11.4 Å². The zero-order valence-corrected chi connectivity index (χ0v) is 19.0. The molecule has 0 N–H and O–H groups in total. The van der Waals surface area contributed by atoms with Gasteiger partial charge in [0.05, 0.1) is 37.0 Å². The highest BCUT2D eigenvalue weighted by Gasteiger charge is 2.13. The third kappa shape index (κ3) is 5.52. The van der Waals surface area contributed by atoms with Crippen LogP contribution in [-0.2, 0) is 27.3 Å². The van der Waals surface area contributed by atoms with Crippen molar-refractivity contribution in [3.05, 3.63) is 52.3 Å². The van der Waals surface area contributed by atoms with Crippen molar-refractivity contribution in [3.63, 3.8) is 0 Å². The zero-order valence-electron chi connectivity index (χ0n) is 18.1. The molecule has 1 aromatic heterocycles. The molecule has 0 aliphatic heterocycles. The molecular weight excluding hydrogens is 416 g/mol. The summed E-state index contributed by atoms with van der Waals surface area (Å²) >= 11 is 1.34. The largest absolute Gasteiger partial charge is 0.496 e. The molecule has 1 heterocycles. The van der Waals surface area contributed by atoms with Gasteiger partial charge in [-0.05, 0) is 56.2 Å². The van der Waals surface area contributed by atoms with Crippen LogP contribution in [0.5, 0.6) is 11.5 Å². The quantitative estimate of drug-likeness (QED) is 0.498. The van der Waals surface area contributed by atoms with Gasteiger partial charge in [-0.1, -0.05) is 23.5 Å². The van der Waals surface area contributed by atoms with Gasteiger partial charge in [-0.15, -0.1) is 0 Å². The van der Waals surface area contributed by atoms with Crippen molar-refractivity contribution in [1.82, 2.24) is 4.57 Å². The molecule has 0 bridgehead atoms. The van der Waals surface area contributed by atoms with E-state index < -0.39 is 0 Å². The van der Waals surface area contributed by atoms with Crippen LogP contribution in [0.4, 0.5) is 0 Å². The summed E-state index contributed by atoms with van der Waals surface area (Å²) in [6.07, 6.45) is 0.155. The molecule has 0 spiro atoms. The monoisotopic (exact) mass is 442 g/mol. The summed E-state index contributed by atoms with van der Waals surface area (Å²) in [5.41, 5.74) is 2.60. The molecule has 31 heavy (non-hydrogen) atoms. The van der Waals surface area contributed by atoms with Gasteiger partial charge in [0.15, 0.2) is 4.80 Å². The number of ether oxygens (including phenoxy) is 3. The maximum absolute atomic E-state index is 12.7. The first-order valence-electron chi connectivity index (χ1n) is 10.1. The SMILES string of the molecule is CCOC(=O)Cn1c(=NC(=O)Cc2ccc(OC)c(C)c2)sc2cc(OCC)ccc21. The van der Waals surface area contributed by atoms with Crippen molar-refractivity contribution < 1.29 is 23.8 Å². The predicted octanol–water partition coefficient (Wildman–Crippen LogP) is 3.65. The van der Waals surface area contributed by atoms with E-state index in [4.69, 9.17) is 14.2 Å². The van der Waals surface area contributed by atoms with Gasteiger partial charge in [-0.25, -0.2) is 0 Å². The molecule has 0 fully saturated rings. The van der Waals surface area contributed by atoms with Gasteiger partial charge in [-0.3, -0.25) is 9.59 Å². The Bertz CT molecular complexity index is 1160. The number of hydrogen-bond donors (Lipinski definition) is 0. The van der Waals surface area contributed by atoms with E-state index in [1.54, 1.807) is 18.6 Å². The zero-order chi connectivity index (χ0) is 22.4. The Labute approximate surface area is 184 Å². The number of amides is 1. The van der Waals surface area contributed by atoms with Crippen LogP contribution in [-0.4, -0.2) is 36.8 Å². The van der Waals surface area contributed by atoms with E-state index in [1.807, 2.05) is 50.2 Å². The van der Waals surface area contributed by atoms with Crippen molar-refractivity contribution in [1.29, 1.82) is 0 Å². The summed E-state index contributed by atoms with van der Waals surface area (Å²) < 4.78 is 18.5. The van der Waals surface area contributed by atoms with Gasteiger partial charge < -0.3 is 18.8 Å². The number of hydrogen-bond acceptors (Lipinski definition) is 6. The van der Waals surface area contributed by atoms with Gasteiger partial charge >= 0.3 is 5.97 Å². The number of aromatic nitrogens is 1. The lowest BCUT2D eigenvalue weighted by Crippen LogP contribution is -2.23. The highest BCUT2D eigenvalue weighted by molar-refractivity contribution is 7.16. The molecule has 2 aromatic carbocycles. The number of fused-ring (bicyclic) bond motifs is 1. The third-order valence-electron chi connectivity index (χ3n) is 4.59. The molecule has 1 amide bonds. The number of carbonyl (C=O) groups is 2. The van der Waals surface area contributed by atoms with Crippen LogP contribution in [0.2, 0.25) is 0 Å². The fraction of sp³-hybridized carbons (Fsp3) is 0.348. The van der Waals surface area contributed by atoms with Crippen molar-refractivity contribution in [2.24, 2.45) is 4.99 Å². The first-order chi connectivity index (χ1) is 14.9. The van der Waals surface area contributed by atoms with Crippen LogP contribution < -0.4 is 14.3 Å². The Morgan fingerprint density at radius 2 is 1.90 bits per heavy atom. The smallest absolute Gasteiger partial charge is 0.326 e. The standard InChI is InChI=1S/C23H26N2O5S/c1-5-29-17-8-9-18-20(13-17)31-23(25(18)14-22(27)30-6-2)24-21(26)12-16-7-10-19(28-4)15(3)11-16/h7-11,13H,5-6,12,14H2,1-4H3. The van der Waals surface area contributed by atoms with Gasteiger partial charge in [0.1, 0.15) is 18.0 Å². The molecule has 0 radical (unpaired) electrons. The number of carbonyl (C=O) groups excluding carboxylic acids is 2. The first kappa shape index (κ1) is 22.6. The Morgan fingerprint density at radius 1 is 1.10 bits per heavy atom. The molecule has 164 valence electrons. The number of benzene rings is 2. The van der Waals surface area contributed by atoms with Gasteiger partial charge in [-0.2, -0.15) is 4.99 Å². The summed E-state index contributed by atoms with van der Waals surface area (Å²) in [4.78, 5) is 29.6. The lowest BCUT2D eigenvalue weighted by Gasteiger charge is -2.07. The lowest BCUT2D eigenvalue weighted by molar-refractivity contribution is -0.143. The number of methoxy groups -OCH3 is 1.